The van der Waals surface area contributed by atoms with E-state index in [0.717, 1.165) is 5.56 Å². The molecule has 2 aromatic rings. The van der Waals surface area contributed by atoms with Gasteiger partial charge >= 0.3 is 5.97 Å². The van der Waals surface area contributed by atoms with Gasteiger partial charge in [-0.05, 0) is 43.3 Å². The van der Waals surface area contributed by atoms with Crippen LogP contribution in [0.2, 0.25) is 5.02 Å². The van der Waals surface area contributed by atoms with Crippen molar-refractivity contribution < 1.29 is 19.4 Å². The van der Waals surface area contributed by atoms with Crippen LogP contribution in [-0.4, -0.2) is 28.3 Å². The Bertz CT molecular complexity index is 606. The second-order valence-electron chi connectivity index (χ2n) is 4.71. The van der Waals surface area contributed by atoms with Crippen LogP contribution in [0.1, 0.15) is 12.7 Å². The summed E-state index contributed by atoms with van der Waals surface area (Å²) in [5.74, 6) is 0.161. The lowest BCUT2D eigenvalue weighted by molar-refractivity contribution is -0.142. The van der Waals surface area contributed by atoms with Crippen molar-refractivity contribution in [1.82, 2.24) is 5.32 Å². The summed E-state index contributed by atoms with van der Waals surface area (Å²) in [5, 5.41) is 21.7. The zero-order valence-corrected chi connectivity index (χ0v) is 12.2. The van der Waals surface area contributed by atoms with E-state index in [2.05, 4.69) is 5.32 Å². The maximum atomic E-state index is 11.0. The van der Waals surface area contributed by atoms with Crippen LogP contribution in [0.5, 0.6) is 0 Å². The molecular weight excluding hydrogens is 294 g/mol. The van der Waals surface area contributed by atoms with Crippen molar-refractivity contribution >= 4 is 17.6 Å². The number of rotatable bonds is 6. The molecule has 21 heavy (non-hydrogen) atoms. The minimum atomic E-state index is -1.10. The monoisotopic (exact) mass is 309 g/mol. The molecule has 0 fully saturated rings. The SMILES string of the molecule is C[C@@H](O)[C@@H](NCc1ccc(-c2ccc(Cl)cc2)o1)C(=O)O. The molecule has 0 amide bonds. The van der Waals surface area contributed by atoms with E-state index in [-0.39, 0.29) is 6.54 Å². The number of carboxylic acid groups (broad SMARTS) is 1. The van der Waals surface area contributed by atoms with Gasteiger partial charge in [-0.3, -0.25) is 10.1 Å². The first-order valence-corrected chi connectivity index (χ1v) is 6.84. The van der Waals surface area contributed by atoms with Crippen molar-refractivity contribution in [2.75, 3.05) is 0 Å². The molecule has 0 unspecified atom stereocenters. The lowest BCUT2D eigenvalue weighted by atomic mass is 10.2. The second-order valence-corrected chi connectivity index (χ2v) is 5.15. The second kappa shape index (κ2) is 6.76. The van der Waals surface area contributed by atoms with Crippen LogP contribution in [0, 0.1) is 0 Å². The molecule has 3 N–H and O–H groups in total. The van der Waals surface area contributed by atoms with Gasteiger partial charge in [-0.1, -0.05) is 11.6 Å². The van der Waals surface area contributed by atoms with Crippen molar-refractivity contribution in [2.45, 2.75) is 25.6 Å². The molecule has 0 bridgehead atoms. The van der Waals surface area contributed by atoms with Gasteiger partial charge in [-0.25, -0.2) is 0 Å². The Kier molecular flexibility index (Phi) is 5.01. The van der Waals surface area contributed by atoms with Crippen LogP contribution in [0.4, 0.5) is 0 Å². The summed E-state index contributed by atoms with van der Waals surface area (Å²) >= 11 is 5.83. The minimum absolute atomic E-state index is 0.218. The van der Waals surface area contributed by atoms with E-state index in [1.54, 1.807) is 24.3 Å². The van der Waals surface area contributed by atoms with E-state index in [1.807, 2.05) is 12.1 Å². The molecule has 5 nitrogen and oxygen atoms in total. The highest BCUT2D eigenvalue weighted by Gasteiger charge is 2.22. The molecular formula is C15H16ClNO4. The Hall–Kier alpha value is -1.82. The van der Waals surface area contributed by atoms with E-state index in [4.69, 9.17) is 21.1 Å². The normalized spacial score (nSPS) is 13.9. The van der Waals surface area contributed by atoms with E-state index < -0.39 is 18.1 Å². The van der Waals surface area contributed by atoms with Gasteiger partial charge in [0.25, 0.3) is 0 Å². The molecule has 2 rings (SSSR count). The zero-order chi connectivity index (χ0) is 15.4. The van der Waals surface area contributed by atoms with Crippen molar-refractivity contribution in [1.29, 1.82) is 0 Å². The van der Waals surface area contributed by atoms with E-state index >= 15 is 0 Å². The van der Waals surface area contributed by atoms with Crippen LogP contribution in [0.25, 0.3) is 11.3 Å². The van der Waals surface area contributed by atoms with Crippen LogP contribution >= 0.6 is 11.6 Å². The van der Waals surface area contributed by atoms with Crippen molar-refractivity contribution in [3.63, 3.8) is 0 Å². The molecule has 2 atom stereocenters. The zero-order valence-electron chi connectivity index (χ0n) is 11.4. The van der Waals surface area contributed by atoms with Gasteiger partial charge in [0.15, 0.2) is 0 Å². The number of hydrogen-bond acceptors (Lipinski definition) is 4. The Morgan fingerprint density at radius 1 is 1.29 bits per heavy atom. The average Bonchev–Trinajstić information content (AvgIpc) is 2.87. The summed E-state index contributed by atoms with van der Waals surface area (Å²) in [4.78, 5) is 11.0. The van der Waals surface area contributed by atoms with Crippen molar-refractivity contribution in [3.05, 3.63) is 47.2 Å². The van der Waals surface area contributed by atoms with Gasteiger partial charge in [0, 0.05) is 10.6 Å². The Balaban J connectivity index is 2.03. The number of carboxylic acids is 1. The largest absolute Gasteiger partial charge is 0.480 e. The predicted octanol–water partition coefficient (Wildman–Crippen LogP) is 2.52. The first-order chi connectivity index (χ1) is 9.97. The predicted molar refractivity (Wildman–Crippen MR) is 79.1 cm³/mol. The number of halogens is 1. The fourth-order valence-electron chi connectivity index (χ4n) is 1.92. The standard InChI is InChI=1S/C15H16ClNO4/c1-9(18)14(15(19)20)17-8-12-6-7-13(21-12)10-2-4-11(16)5-3-10/h2-7,9,14,17-18H,8H2,1H3,(H,19,20)/t9-,14-/m1/s1. The fourth-order valence-corrected chi connectivity index (χ4v) is 2.04. The average molecular weight is 310 g/mol. The number of aliphatic hydroxyl groups is 1. The molecule has 0 radical (unpaired) electrons. The highest BCUT2D eigenvalue weighted by atomic mass is 35.5. The molecule has 0 saturated carbocycles. The summed E-state index contributed by atoms with van der Waals surface area (Å²) in [6, 6.07) is 9.75. The summed E-state index contributed by atoms with van der Waals surface area (Å²) in [6.45, 7) is 1.64. The van der Waals surface area contributed by atoms with Crippen LogP contribution in [-0.2, 0) is 11.3 Å². The minimum Gasteiger partial charge on any atom is -0.480 e. The van der Waals surface area contributed by atoms with Gasteiger partial charge < -0.3 is 14.6 Å². The summed E-state index contributed by atoms with van der Waals surface area (Å²) in [5.41, 5.74) is 0.885. The lowest BCUT2D eigenvalue weighted by Gasteiger charge is -2.15. The third-order valence-corrected chi connectivity index (χ3v) is 3.29. The Labute approximate surface area is 127 Å². The Morgan fingerprint density at radius 2 is 1.95 bits per heavy atom. The number of carbonyl (C=O) groups is 1. The fraction of sp³-hybridized carbons (Fsp3) is 0.267. The molecule has 1 aromatic heterocycles. The lowest BCUT2D eigenvalue weighted by Crippen LogP contribution is -2.44. The Morgan fingerprint density at radius 3 is 2.52 bits per heavy atom. The number of benzene rings is 1. The number of nitrogens with one attached hydrogen (secondary N) is 1. The molecule has 0 aliphatic heterocycles. The van der Waals surface area contributed by atoms with E-state index in [9.17, 15) is 9.90 Å². The van der Waals surface area contributed by atoms with Gasteiger partial charge in [-0.15, -0.1) is 0 Å². The van der Waals surface area contributed by atoms with E-state index in [0.29, 0.717) is 16.5 Å². The number of aliphatic hydroxyl groups excluding tert-OH is 1. The highest BCUT2D eigenvalue weighted by Crippen LogP contribution is 2.23. The third kappa shape index (κ3) is 4.07. The molecule has 112 valence electrons. The summed E-state index contributed by atoms with van der Waals surface area (Å²) < 4.78 is 5.64. The smallest absolute Gasteiger partial charge is 0.323 e. The molecule has 0 saturated heterocycles. The molecule has 6 heteroatoms. The number of hydrogen-bond donors (Lipinski definition) is 3. The van der Waals surface area contributed by atoms with Crippen LogP contribution in [0.15, 0.2) is 40.8 Å². The van der Waals surface area contributed by atoms with Gasteiger partial charge in [0.05, 0.1) is 12.6 Å². The van der Waals surface area contributed by atoms with E-state index in [1.165, 1.54) is 6.92 Å². The first-order valence-electron chi connectivity index (χ1n) is 6.46. The molecule has 0 aliphatic rings. The topological polar surface area (TPSA) is 82.7 Å². The third-order valence-electron chi connectivity index (χ3n) is 3.04. The maximum absolute atomic E-state index is 11.0. The van der Waals surface area contributed by atoms with Crippen LogP contribution < -0.4 is 5.32 Å². The van der Waals surface area contributed by atoms with Crippen molar-refractivity contribution in [3.8, 4) is 11.3 Å². The summed E-state index contributed by atoms with van der Waals surface area (Å²) in [7, 11) is 0. The first kappa shape index (κ1) is 15.6. The van der Waals surface area contributed by atoms with Gasteiger partial charge in [-0.2, -0.15) is 0 Å². The molecule has 1 aromatic carbocycles. The number of furan rings is 1. The van der Waals surface area contributed by atoms with Gasteiger partial charge in [0.2, 0.25) is 0 Å². The molecule has 0 spiro atoms. The quantitative estimate of drug-likeness (QED) is 0.764. The molecule has 1 heterocycles. The maximum Gasteiger partial charge on any atom is 0.323 e. The summed E-state index contributed by atoms with van der Waals surface area (Å²) in [6.07, 6.45) is -0.992. The van der Waals surface area contributed by atoms with Crippen molar-refractivity contribution in [2.24, 2.45) is 0 Å². The van der Waals surface area contributed by atoms with Crippen LogP contribution in [0.3, 0.4) is 0 Å². The highest BCUT2D eigenvalue weighted by molar-refractivity contribution is 6.30. The van der Waals surface area contributed by atoms with Gasteiger partial charge in [0.1, 0.15) is 17.6 Å². The number of aliphatic carboxylic acids is 1. The molecule has 0 aliphatic carbocycles.